The molecule has 6 heteroatoms. The second kappa shape index (κ2) is 7.38. The SMILES string of the molecule is CCCN(Cc1cccc(OCC)c1O)CC(F)(F)F. The van der Waals surface area contributed by atoms with E-state index in [9.17, 15) is 18.3 Å². The van der Waals surface area contributed by atoms with Crippen LogP contribution in [0.3, 0.4) is 0 Å². The molecule has 3 nitrogen and oxygen atoms in total. The number of aromatic hydroxyl groups is 1. The molecular weight excluding hydrogens is 271 g/mol. The van der Waals surface area contributed by atoms with E-state index in [2.05, 4.69) is 0 Å². The standard InChI is InChI=1S/C14H20F3NO2/c1-3-8-18(10-14(15,16)17)9-11-6-5-7-12(13(11)19)20-4-2/h5-7,19H,3-4,8-10H2,1-2H3. The molecule has 1 rings (SSSR count). The molecule has 0 aromatic heterocycles. The summed E-state index contributed by atoms with van der Waals surface area (Å²) in [5.41, 5.74) is 0.439. The van der Waals surface area contributed by atoms with Crippen LogP contribution in [-0.2, 0) is 6.54 Å². The number of halogens is 3. The topological polar surface area (TPSA) is 32.7 Å². The molecule has 0 saturated carbocycles. The van der Waals surface area contributed by atoms with Crippen molar-refractivity contribution in [2.45, 2.75) is 33.0 Å². The number of ether oxygens (including phenoxy) is 1. The Bertz CT molecular complexity index is 421. The highest BCUT2D eigenvalue weighted by atomic mass is 19.4. The quantitative estimate of drug-likeness (QED) is 0.833. The highest BCUT2D eigenvalue weighted by molar-refractivity contribution is 5.45. The van der Waals surface area contributed by atoms with E-state index in [0.717, 1.165) is 0 Å². The van der Waals surface area contributed by atoms with Crippen molar-refractivity contribution in [3.63, 3.8) is 0 Å². The van der Waals surface area contributed by atoms with Gasteiger partial charge in [-0.2, -0.15) is 13.2 Å². The first-order valence-electron chi connectivity index (χ1n) is 6.60. The molecule has 0 saturated heterocycles. The van der Waals surface area contributed by atoms with E-state index >= 15 is 0 Å². The van der Waals surface area contributed by atoms with Gasteiger partial charge in [-0.05, 0) is 26.0 Å². The van der Waals surface area contributed by atoms with Crippen LogP contribution in [0.4, 0.5) is 13.2 Å². The number of nitrogens with zero attached hydrogens (tertiary/aromatic N) is 1. The van der Waals surface area contributed by atoms with Gasteiger partial charge in [-0.15, -0.1) is 0 Å². The van der Waals surface area contributed by atoms with E-state index in [1.807, 2.05) is 6.92 Å². The molecule has 20 heavy (non-hydrogen) atoms. The molecule has 0 amide bonds. The van der Waals surface area contributed by atoms with Gasteiger partial charge >= 0.3 is 6.18 Å². The summed E-state index contributed by atoms with van der Waals surface area (Å²) < 4.78 is 42.7. The van der Waals surface area contributed by atoms with Gasteiger partial charge in [-0.1, -0.05) is 19.1 Å². The zero-order chi connectivity index (χ0) is 15.2. The zero-order valence-corrected chi connectivity index (χ0v) is 11.7. The smallest absolute Gasteiger partial charge is 0.401 e. The number of hydrogen-bond donors (Lipinski definition) is 1. The molecule has 0 aliphatic carbocycles. The number of benzene rings is 1. The van der Waals surface area contributed by atoms with Crippen molar-refractivity contribution in [2.75, 3.05) is 19.7 Å². The zero-order valence-electron chi connectivity index (χ0n) is 11.7. The molecule has 1 aromatic rings. The maximum absolute atomic E-state index is 12.5. The number of hydrogen-bond acceptors (Lipinski definition) is 3. The van der Waals surface area contributed by atoms with Crippen molar-refractivity contribution < 1.29 is 23.0 Å². The number of para-hydroxylation sites is 1. The molecule has 0 bridgehead atoms. The molecule has 0 atom stereocenters. The number of phenolic OH excluding ortho intramolecular Hbond substituents is 1. The third-order valence-electron chi connectivity index (χ3n) is 2.72. The first kappa shape index (κ1) is 16.6. The summed E-state index contributed by atoms with van der Waals surface area (Å²) in [7, 11) is 0. The molecule has 0 radical (unpaired) electrons. The van der Waals surface area contributed by atoms with Crippen molar-refractivity contribution in [1.29, 1.82) is 0 Å². The highest BCUT2D eigenvalue weighted by Gasteiger charge is 2.30. The van der Waals surface area contributed by atoms with Gasteiger partial charge < -0.3 is 9.84 Å². The second-order valence-electron chi connectivity index (χ2n) is 4.52. The van der Waals surface area contributed by atoms with E-state index in [1.54, 1.807) is 25.1 Å². The predicted molar refractivity (Wildman–Crippen MR) is 70.9 cm³/mol. The van der Waals surface area contributed by atoms with Gasteiger partial charge in [0, 0.05) is 12.1 Å². The Labute approximate surface area is 117 Å². The third-order valence-corrected chi connectivity index (χ3v) is 2.72. The molecule has 0 heterocycles. The van der Waals surface area contributed by atoms with Crippen molar-refractivity contribution >= 4 is 0 Å². The van der Waals surface area contributed by atoms with Gasteiger partial charge in [-0.25, -0.2) is 0 Å². The Hall–Kier alpha value is -1.43. The lowest BCUT2D eigenvalue weighted by Crippen LogP contribution is -2.34. The van der Waals surface area contributed by atoms with Crippen LogP contribution in [-0.4, -0.2) is 35.9 Å². The summed E-state index contributed by atoms with van der Waals surface area (Å²) in [5.74, 6) is 0.214. The molecule has 0 unspecified atom stereocenters. The lowest BCUT2D eigenvalue weighted by atomic mass is 10.1. The maximum Gasteiger partial charge on any atom is 0.401 e. The fourth-order valence-corrected chi connectivity index (χ4v) is 1.99. The Balaban J connectivity index is 2.85. The van der Waals surface area contributed by atoms with E-state index in [-0.39, 0.29) is 12.3 Å². The Morgan fingerprint density at radius 3 is 2.50 bits per heavy atom. The molecule has 1 N–H and O–H groups in total. The van der Waals surface area contributed by atoms with Crippen LogP contribution in [0.25, 0.3) is 0 Å². The maximum atomic E-state index is 12.5. The van der Waals surface area contributed by atoms with Crippen LogP contribution in [0.5, 0.6) is 11.5 Å². The third kappa shape index (κ3) is 5.28. The lowest BCUT2D eigenvalue weighted by Gasteiger charge is -2.23. The number of rotatable bonds is 7. The van der Waals surface area contributed by atoms with Crippen molar-refractivity contribution in [2.24, 2.45) is 0 Å². The summed E-state index contributed by atoms with van der Waals surface area (Å²) in [5, 5.41) is 10.0. The van der Waals surface area contributed by atoms with Crippen LogP contribution in [0.2, 0.25) is 0 Å². The van der Waals surface area contributed by atoms with Crippen LogP contribution in [0.1, 0.15) is 25.8 Å². The lowest BCUT2D eigenvalue weighted by molar-refractivity contribution is -0.147. The van der Waals surface area contributed by atoms with Crippen LogP contribution >= 0.6 is 0 Å². The summed E-state index contributed by atoms with van der Waals surface area (Å²) in [6.45, 7) is 3.36. The summed E-state index contributed by atoms with van der Waals surface area (Å²) >= 11 is 0. The van der Waals surface area contributed by atoms with E-state index in [1.165, 1.54) is 4.90 Å². The molecule has 114 valence electrons. The molecule has 0 aliphatic heterocycles. The van der Waals surface area contributed by atoms with E-state index in [4.69, 9.17) is 4.74 Å². The Kier molecular flexibility index (Phi) is 6.13. The van der Waals surface area contributed by atoms with Gasteiger partial charge in [-0.3, -0.25) is 4.90 Å². The molecule has 0 fully saturated rings. The fourth-order valence-electron chi connectivity index (χ4n) is 1.99. The predicted octanol–water partition coefficient (Wildman–Crippen LogP) is 3.57. The van der Waals surface area contributed by atoms with Crippen molar-refractivity contribution in [1.82, 2.24) is 4.90 Å². The first-order chi connectivity index (χ1) is 9.37. The van der Waals surface area contributed by atoms with Gasteiger partial charge in [0.2, 0.25) is 0 Å². The normalized spacial score (nSPS) is 11.9. The van der Waals surface area contributed by atoms with E-state index in [0.29, 0.717) is 30.9 Å². The minimum absolute atomic E-state index is 0.0418. The van der Waals surface area contributed by atoms with Crippen LogP contribution in [0, 0.1) is 0 Å². The summed E-state index contributed by atoms with van der Waals surface area (Å²) in [6, 6.07) is 4.87. The monoisotopic (exact) mass is 291 g/mol. The van der Waals surface area contributed by atoms with Crippen LogP contribution < -0.4 is 4.74 Å². The van der Waals surface area contributed by atoms with Gasteiger partial charge in [0.1, 0.15) is 0 Å². The van der Waals surface area contributed by atoms with Gasteiger partial charge in [0.25, 0.3) is 0 Å². The molecule has 0 aliphatic rings. The van der Waals surface area contributed by atoms with Gasteiger partial charge in [0.15, 0.2) is 11.5 Å². The molecule has 0 spiro atoms. The molecular formula is C14H20F3NO2. The fraction of sp³-hybridized carbons (Fsp3) is 0.571. The highest BCUT2D eigenvalue weighted by Crippen LogP contribution is 2.31. The Morgan fingerprint density at radius 2 is 1.95 bits per heavy atom. The molecule has 1 aromatic carbocycles. The van der Waals surface area contributed by atoms with Crippen molar-refractivity contribution in [3.05, 3.63) is 23.8 Å². The minimum Gasteiger partial charge on any atom is -0.504 e. The Morgan fingerprint density at radius 1 is 1.25 bits per heavy atom. The van der Waals surface area contributed by atoms with Crippen LogP contribution in [0.15, 0.2) is 18.2 Å². The minimum atomic E-state index is -4.25. The largest absolute Gasteiger partial charge is 0.504 e. The average molecular weight is 291 g/mol. The average Bonchev–Trinajstić information content (AvgIpc) is 2.33. The first-order valence-corrected chi connectivity index (χ1v) is 6.60. The number of phenols is 1. The number of alkyl halides is 3. The second-order valence-corrected chi connectivity index (χ2v) is 4.52. The van der Waals surface area contributed by atoms with Crippen molar-refractivity contribution in [3.8, 4) is 11.5 Å². The summed E-state index contributed by atoms with van der Waals surface area (Å²) in [4.78, 5) is 1.27. The summed E-state index contributed by atoms with van der Waals surface area (Å²) in [6.07, 6.45) is -3.63. The van der Waals surface area contributed by atoms with E-state index < -0.39 is 12.7 Å². The van der Waals surface area contributed by atoms with Gasteiger partial charge in [0.05, 0.1) is 13.2 Å².